The summed E-state index contributed by atoms with van der Waals surface area (Å²) in [6, 6.07) is 18.4. The maximum absolute atomic E-state index is 4.89. The highest BCUT2D eigenvalue weighted by molar-refractivity contribution is 5.93. The number of pyridine rings is 1. The molecule has 1 N–H and O–H groups in total. The summed E-state index contributed by atoms with van der Waals surface area (Å²) in [7, 11) is 1.93. The molecule has 1 fully saturated rings. The summed E-state index contributed by atoms with van der Waals surface area (Å²) in [4.78, 5) is 14.3. The van der Waals surface area contributed by atoms with Gasteiger partial charge in [0, 0.05) is 66.8 Å². The summed E-state index contributed by atoms with van der Waals surface area (Å²) in [5.74, 6) is 2.31. The van der Waals surface area contributed by atoms with Crippen molar-refractivity contribution in [3.63, 3.8) is 0 Å². The summed E-state index contributed by atoms with van der Waals surface area (Å²) >= 11 is 0. The van der Waals surface area contributed by atoms with Crippen LogP contribution in [0.25, 0.3) is 33.4 Å². The van der Waals surface area contributed by atoms with Gasteiger partial charge in [-0.25, -0.2) is 20.0 Å². The van der Waals surface area contributed by atoms with Gasteiger partial charge in [-0.1, -0.05) is 30.3 Å². The van der Waals surface area contributed by atoms with Crippen LogP contribution < -0.4 is 10.3 Å². The van der Waals surface area contributed by atoms with Crippen LogP contribution in [0.2, 0.25) is 0 Å². The van der Waals surface area contributed by atoms with Crippen molar-refractivity contribution >= 4 is 28.4 Å². The second-order valence-corrected chi connectivity index (χ2v) is 9.19. The van der Waals surface area contributed by atoms with Gasteiger partial charge >= 0.3 is 0 Å². The predicted octanol–water partition coefficient (Wildman–Crippen LogP) is 5.07. The van der Waals surface area contributed by atoms with Gasteiger partial charge in [0.2, 0.25) is 5.95 Å². The number of nitrogens with zero attached hydrogens (tertiary/aromatic N) is 8. The smallest absolute Gasteiger partial charge is 0.227 e. The Kier molecular flexibility index (Phi) is 6.20. The van der Waals surface area contributed by atoms with Gasteiger partial charge in [0.1, 0.15) is 12.1 Å². The van der Waals surface area contributed by atoms with Crippen LogP contribution in [0.15, 0.2) is 73.3 Å². The zero-order chi connectivity index (χ0) is 25.2. The zero-order valence-electron chi connectivity index (χ0n) is 21.0. The Labute approximate surface area is 215 Å². The van der Waals surface area contributed by atoms with E-state index in [1.165, 1.54) is 12.8 Å². The lowest BCUT2D eigenvalue weighted by molar-refractivity contribution is 0.309. The van der Waals surface area contributed by atoms with E-state index in [4.69, 9.17) is 9.97 Å². The Bertz CT molecular complexity index is 1520. The Balaban J connectivity index is 1.29. The number of hydrazine groups is 1. The Hall–Kier alpha value is -4.37. The molecule has 186 valence electrons. The molecule has 9 nitrogen and oxygen atoms in total. The number of fused-ring (bicyclic) bond motifs is 1. The van der Waals surface area contributed by atoms with Crippen molar-refractivity contribution in [2.45, 2.75) is 19.8 Å². The highest BCUT2D eigenvalue weighted by atomic mass is 15.6. The molecule has 1 aliphatic rings. The molecule has 0 aliphatic carbocycles. The summed E-state index contributed by atoms with van der Waals surface area (Å²) in [6.07, 6.45) is 7.98. The van der Waals surface area contributed by atoms with E-state index >= 15 is 0 Å². The monoisotopic (exact) mass is 491 g/mol. The molecular weight excluding hydrogens is 462 g/mol. The molecule has 9 heteroatoms. The second kappa shape index (κ2) is 9.94. The van der Waals surface area contributed by atoms with Crippen molar-refractivity contribution in [2.75, 3.05) is 30.0 Å². The van der Waals surface area contributed by atoms with E-state index in [1.54, 1.807) is 6.33 Å². The molecule has 0 amide bonds. The minimum Gasteiger partial charge on any atom is -0.324 e. The highest BCUT2D eigenvalue weighted by Gasteiger charge is 2.19. The SMILES string of the molecule is CCN(c1ccc(-c2cccc3cnc(Nc4cccc(-c5nncn5C)c4)nc23)cn1)N1CCCC1. The van der Waals surface area contributed by atoms with Gasteiger partial charge in [-0.05, 0) is 44.0 Å². The second-order valence-electron chi connectivity index (χ2n) is 9.19. The predicted molar refractivity (Wildman–Crippen MR) is 146 cm³/mol. The first-order chi connectivity index (χ1) is 18.2. The van der Waals surface area contributed by atoms with Crippen molar-refractivity contribution in [3.05, 3.63) is 73.3 Å². The molecule has 0 spiro atoms. The average molecular weight is 492 g/mol. The van der Waals surface area contributed by atoms with Crippen LogP contribution in [-0.4, -0.2) is 54.4 Å². The molecular formula is C28H29N9. The third-order valence-electron chi connectivity index (χ3n) is 6.75. The number of aromatic nitrogens is 6. The minimum atomic E-state index is 0.533. The van der Waals surface area contributed by atoms with Crippen LogP contribution in [0.1, 0.15) is 19.8 Å². The molecule has 0 atom stereocenters. The quantitative estimate of drug-likeness (QED) is 0.338. The fourth-order valence-corrected chi connectivity index (χ4v) is 4.91. The van der Waals surface area contributed by atoms with Gasteiger partial charge in [-0.15, -0.1) is 10.2 Å². The van der Waals surface area contributed by atoms with Gasteiger partial charge in [0.05, 0.1) is 5.52 Å². The molecule has 2 aromatic carbocycles. The number of anilines is 3. The van der Waals surface area contributed by atoms with Crippen molar-refractivity contribution in [3.8, 4) is 22.5 Å². The lowest BCUT2D eigenvalue weighted by Gasteiger charge is -2.31. The van der Waals surface area contributed by atoms with Crippen molar-refractivity contribution < 1.29 is 0 Å². The van der Waals surface area contributed by atoms with E-state index in [2.05, 4.69) is 55.6 Å². The summed E-state index contributed by atoms with van der Waals surface area (Å²) < 4.78 is 1.89. The topological polar surface area (TPSA) is 87.9 Å². The molecule has 0 saturated carbocycles. The van der Waals surface area contributed by atoms with Gasteiger partial charge in [0.25, 0.3) is 0 Å². The van der Waals surface area contributed by atoms with Gasteiger partial charge < -0.3 is 9.88 Å². The third kappa shape index (κ3) is 4.61. The molecule has 3 aromatic heterocycles. The van der Waals surface area contributed by atoms with Gasteiger partial charge in [-0.3, -0.25) is 5.01 Å². The van der Waals surface area contributed by atoms with E-state index in [0.717, 1.165) is 64.6 Å². The van der Waals surface area contributed by atoms with Crippen LogP contribution in [0.4, 0.5) is 17.5 Å². The van der Waals surface area contributed by atoms with E-state index in [9.17, 15) is 0 Å². The third-order valence-corrected chi connectivity index (χ3v) is 6.75. The maximum atomic E-state index is 4.89. The number of hydrogen-bond donors (Lipinski definition) is 1. The number of benzene rings is 2. The molecule has 4 heterocycles. The molecule has 1 saturated heterocycles. The lowest BCUT2D eigenvalue weighted by Crippen LogP contribution is -2.41. The fraction of sp³-hybridized carbons (Fsp3) is 0.250. The van der Waals surface area contributed by atoms with E-state index in [1.807, 2.05) is 60.4 Å². The lowest BCUT2D eigenvalue weighted by atomic mass is 10.0. The number of hydrogen-bond acceptors (Lipinski definition) is 8. The van der Waals surface area contributed by atoms with Gasteiger partial charge in [0.15, 0.2) is 5.82 Å². The first kappa shape index (κ1) is 23.1. The molecule has 1 aliphatic heterocycles. The molecule has 37 heavy (non-hydrogen) atoms. The van der Waals surface area contributed by atoms with Crippen molar-refractivity contribution in [2.24, 2.45) is 7.05 Å². The maximum Gasteiger partial charge on any atom is 0.227 e. The largest absolute Gasteiger partial charge is 0.324 e. The van der Waals surface area contributed by atoms with E-state index < -0.39 is 0 Å². The normalized spacial score (nSPS) is 13.8. The number of aryl methyl sites for hydroxylation is 1. The molecule has 0 bridgehead atoms. The molecule has 0 unspecified atom stereocenters. The summed E-state index contributed by atoms with van der Waals surface area (Å²) in [5.41, 5.74) is 4.78. The van der Waals surface area contributed by atoms with Crippen LogP contribution in [0, 0.1) is 0 Å². The van der Waals surface area contributed by atoms with E-state index in [0.29, 0.717) is 5.95 Å². The van der Waals surface area contributed by atoms with Crippen LogP contribution in [-0.2, 0) is 7.05 Å². The zero-order valence-corrected chi connectivity index (χ0v) is 21.0. The standard InChI is InChI=1S/C28H29N9/c1-3-37(36-14-4-5-15-36)25-13-12-21(17-29-25)24-11-7-9-22-18-30-28(33-26(22)24)32-23-10-6-8-20(16-23)27-34-31-19-35(27)2/h6-13,16-19H,3-5,14-15H2,1-2H3,(H,30,32,33). The fourth-order valence-electron chi connectivity index (χ4n) is 4.91. The first-order valence-electron chi connectivity index (χ1n) is 12.7. The first-order valence-corrected chi connectivity index (χ1v) is 12.7. The average Bonchev–Trinajstić information content (AvgIpc) is 3.62. The summed E-state index contributed by atoms with van der Waals surface area (Å²) in [5, 5.41) is 17.2. The number of para-hydroxylation sites is 1. The van der Waals surface area contributed by atoms with Crippen molar-refractivity contribution in [1.29, 1.82) is 0 Å². The van der Waals surface area contributed by atoms with Crippen LogP contribution in [0.5, 0.6) is 0 Å². The van der Waals surface area contributed by atoms with Crippen molar-refractivity contribution in [1.82, 2.24) is 34.7 Å². The molecule has 5 aromatic rings. The van der Waals surface area contributed by atoms with Gasteiger partial charge in [-0.2, -0.15) is 0 Å². The molecule has 0 radical (unpaired) electrons. The molecule has 6 rings (SSSR count). The Morgan fingerprint density at radius 1 is 0.946 bits per heavy atom. The Morgan fingerprint density at radius 2 is 1.81 bits per heavy atom. The number of rotatable bonds is 7. The van der Waals surface area contributed by atoms with E-state index in [-0.39, 0.29) is 0 Å². The van der Waals surface area contributed by atoms with Crippen LogP contribution in [0.3, 0.4) is 0 Å². The summed E-state index contributed by atoms with van der Waals surface area (Å²) in [6.45, 7) is 5.26. The highest BCUT2D eigenvalue weighted by Crippen LogP contribution is 2.30. The van der Waals surface area contributed by atoms with Crippen LogP contribution >= 0.6 is 0 Å². The Morgan fingerprint density at radius 3 is 2.57 bits per heavy atom. The minimum absolute atomic E-state index is 0.533. The number of nitrogens with one attached hydrogen (secondary N) is 1.